The molecular weight excluding hydrogens is 288 g/mol. The Kier molecular flexibility index (Phi) is 5.43. The van der Waals surface area contributed by atoms with Crippen molar-refractivity contribution in [2.75, 3.05) is 32.8 Å². The van der Waals surface area contributed by atoms with Crippen molar-refractivity contribution >= 4 is 0 Å². The number of ether oxygens (including phenoxy) is 1. The number of aromatic nitrogens is 2. The number of nitrogens with zero attached hydrogens (tertiary/aromatic N) is 2. The highest BCUT2D eigenvalue weighted by atomic mass is 16.5. The van der Waals surface area contributed by atoms with Gasteiger partial charge in [0.2, 0.25) is 0 Å². The van der Waals surface area contributed by atoms with E-state index in [1.54, 1.807) is 0 Å². The molecule has 0 bridgehead atoms. The van der Waals surface area contributed by atoms with Gasteiger partial charge in [0.05, 0.1) is 18.9 Å². The zero-order chi connectivity index (χ0) is 16.1. The number of aromatic amines is 1. The maximum Gasteiger partial charge on any atom is 0.0638 e. The first-order valence-electron chi connectivity index (χ1n) is 8.33. The summed E-state index contributed by atoms with van der Waals surface area (Å²) in [6.07, 6.45) is 0. The lowest BCUT2D eigenvalue weighted by Crippen LogP contribution is -2.42. The third-order valence-corrected chi connectivity index (χ3v) is 4.59. The Bertz CT molecular complexity index is 585. The zero-order valence-electron chi connectivity index (χ0n) is 14.0. The van der Waals surface area contributed by atoms with Gasteiger partial charge >= 0.3 is 0 Å². The molecule has 0 radical (unpaired) electrons. The van der Waals surface area contributed by atoms with Crippen molar-refractivity contribution < 1.29 is 4.74 Å². The first-order chi connectivity index (χ1) is 11.3. The molecule has 1 aromatic heterocycles. The third-order valence-electron chi connectivity index (χ3n) is 4.59. The summed E-state index contributed by atoms with van der Waals surface area (Å²) in [7, 11) is 0. The van der Waals surface area contributed by atoms with E-state index in [0.29, 0.717) is 6.04 Å². The van der Waals surface area contributed by atoms with Crippen LogP contribution in [-0.4, -0.2) is 47.9 Å². The number of morpholine rings is 1. The molecular formula is C18H26N4O. The number of aryl methyl sites for hydroxylation is 2. The number of nitrogens with one attached hydrogen (secondary N) is 2. The maximum absolute atomic E-state index is 5.51. The van der Waals surface area contributed by atoms with Crippen molar-refractivity contribution in [2.24, 2.45) is 0 Å². The van der Waals surface area contributed by atoms with Gasteiger partial charge in [-0.05, 0) is 19.4 Å². The second-order valence-corrected chi connectivity index (χ2v) is 6.12. The number of rotatable bonds is 6. The van der Waals surface area contributed by atoms with Crippen LogP contribution in [0, 0.1) is 13.8 Å². The lowest BCUT2D eigenvalue weighted by molar-refractivity contribution is 0.0161. The van der Waals surface area contributed by atoms with E-state index in [-0.39, 0.29) is 0 Å². The number of hydrogen-bond acceptors (Lipinski definition) is 4. The van der Waals surface area contributed by atoms with Crippen LogP contribution in [0.3, 0.4) is 0 Å². The maximum atomic E-state index is 5.51. The highest BCUT2D eigenvalue weighted by molar-refractivity contribution is 5.23. The molecule has 2 heterocycles. The summed E-state index contributed by atoms with van der Waals surface area (Å²) >= 11 is 0. The third kappa shape index (κ3) is 3.99. The minimum absolute atomic E-state index is 0.382. The van der Waals surface area contributed by atoms with Gasteiger partial charge in [-0.2, -0.15) is 5.10 Å². The number of hydrogen-bond donors (Lipinski definition) is 2. The van der Waals surface area contributed by atoms with Gasteiger partial charge in [0.25, 0.3) is 0 Å². The molecule has 1 fully saturated rings. The molecule has 3 rings (SSSR count). The Morgan fingerprint density at radius 2 is 1.96 bits per heavy atom. The molecule has 0 amide bonds. The van der Waals surface area contributed by atoms with E-state index in [1.807, 2.05) is 0 Å². The summed E-state index contributed by atoms with van der Waals surface area (Å²) in [6.45, 7) is 9.53. The molecule has 1 saturated heterocycles. The van der Waals surface area contributed by atoms with Crippen molar-refractivity contribution in [3.8, 4) is 0 Å². The van der Waals surface area contributed by atoms with Crippen LogP contribution in [0.4, 0.5) is 0 Å². The summed E-state index contributed by atoms with van der Waals surface area (Å²) < 4.78 is 5.51. The highest BCUT2D eigenvalue weighted by Gasteiger charge is 2.22. The second-order valence-electron chi connectivity index (χ2n) is 6.12. The summed E-state index contributed by atoms with van der Waals surface area (Å²) in [5, 5.41) is 10.9. The summed E-state index contributed by atoms with van der Waals surface area (Å²) in [6, 6.07) is 11.1. The van der Waals surface area contributed by atoms with Gasteiger partial charge in [0.15, 0.2) is 0 Å². The molecule has 1 aliphatic heterocycles. The molecule has 124 valence electrons. The van der Waals surface area contributed by atoms with Crippen LogP contribution in [0.15, 0.2) is 30.3 Å². The predicted molar refractivity (Wildman–Crippen MR) is 91.3 cm³/mol. The minimum Gasteiger partial charge on any atom is -0.379 e. The van der Waals surface area contributed by atoms with Crippen LogP contribution < -0.4 is 5.32 Å². The van der Waals surface area contributed by atoms with E-state index >= 15 is 0 Å². The van der Waals surface area contributed by atoms with E-state index < -0.39 is 0 Å². The fourth-order valence-corrected chi connectivity index (χ4v) is 3.19. The summed E-state index contributed by atoms with van der Waals surface area (Å²) in [4.78, 5) is 2.51. The Morgan fingerprint density at radius 1 is 1.22 bits per heavy atom. The van der Waals surface area contributed by atoms with Gasteiger partial charge in [0.1, 0.15) is 0 Å². The van der Waals surface area contributed by atoms with Gasteiger partial charge < -0.3 is 10.1 Å². The van der Waals surface area contributed by atoms with Crippen molar-refractivity contribution in [1.29, 1.82) is 0 Å². The van der Waals surface area contributed by atoms with Crippen LogP contribution in [0.5, 0.6) is 0 Å². The van der Waals surface area contributed by atoms with Crippen molar-refractivity contribution in [3.63, 3.8) is 0 Å². The first-order valence-corrected chi connectivity index (χ1v) is 8.33. The zero-order valence-corrected chi connectivity index (χ0v) is 14.0. The summed E-state index contributed by atoms with van der Waals surface area (Å²) in [5.41, 5.74) is 4.87. The average Bonchev–Trinajstić information content (AvgIpc) is 2.92. The smallest absolute Gasteiger partial charge is 0.0638 e. The van der Waals surface area contributed by atoms with Crippen LogP contribution in [0.1, 0.15) is 28.6 Å². The lowest BCUT2D eigenvalue weighted by atomic mass is 10.0. The van der Waals surface area contributed by atoms with E-state index in [4.69, 9.17) is 4.74 Å². The van der Waals surface area contributed by atoms with Crippen molar-refractivity contribution in [1.82, 2.24) is 20.4 Å². The highest BCUT2D eigenvalue weighted by Crippen LogP contribution is 2.21. The fraction of sp³-hybridized carbons (Fsp3) is 0.500. The van der Waals surface area contributed by atoms with E-state index in [2.05, 4.69) is 64.6 Å². The van der Waals surface area contributed by atoms with E-state index in [9.17, 15) is 0 Å². The predicted octanol–water partition coefficient (Wildman–Crippen LogP) is 2.19. The van der Waals surface area contributed by atoms with Crippen molar-refractivity contribution in [2.45, 2.75) is 26.4 Å². The molecule has 2 aromatic rings. The minimum atomic E-state index is 0.382. The van der Waals surface area contributed by atoms with Crippen molar-refractivity contribution in [3.05, 3.63) is 52.8 Å². The molecule has 0 spiro atoms. The molecule has 1 aromatic carbocycles. The van der Waals surface area contributed by atoms with Crippen LogP contribution >= 0.6 is 0 Å². The molecule has 23 heavy (non-hydrogen) atoms. The molecule has 0 unspecified atom stereocenters. The van der Waals surface area contributed by atoms with Crippen LogP contribution in [0.25, 0.3) is 0 Å². The molecule has 5 heteroatoms. The van der Waals surface area contributed by atoms with Gasteiger partial charge in [-0.15, -0.1) is 0 Å². The lowest BCUT2D eigenvalue weighted by Gasteiger charge is -2.35. The Morgan fingerprint density at radius 3 is 2.61 bits per heavy atom. The largest absolute Gasteiger partial charge is 0.379 e. The quantitative estimate of drug-likeness (QED) is 0.858. The normalized spacial score (nSPS) is 17.3. The SMILES string of the molecule is Cc1n[nH]c(C)c1CNC[C@@H](c1ccccc1)N1CCOCC1. The van der Waals surface area contributed by atoms with E-state index in [1.165, 1.54) is 11.1 Å². The first kappa shape index (κ1) is 16.2. The van der Waals surface area contributed by atoms with Crippen LogP contribution in [0.2, 0.25) is 0 Å². The molecule has 1 aliphatic rings. The number of benzene rings is 1. The standard InChI is InChI=1S/C18H26N4O/c1-14-17(15(2)21-20-14)12-19-13-18(16-6-4-3-5-7-16)22-8-10-23-11-9-22/h3-7,18-19H,8-13H2,1-2H3,(H,20,21)/t18-/m0/s1. The molecule has 0 aliphatic carbocycles. The Hall–Kier alpha value is -1.69. The summed E-state index contributed by atoms with van der Waals surface area (Å²) in [5.74, 6) is 0. The van der Waals surface area contributed by atoms with Gasteiger partial charge in [-0.3, -0.25) is 10.00 Å². The molecule has 0 saturated carbocycles. The molecule has 1 atom stereocenters. The number of H-pyrrole nitrogens is 1. The monoisotopic (exact) mass is 314 g/mol. The topological polar surface area (TPSA) is 53.2 Å². The van der Waals surface area contributed by atoms with Crippen LogP contribution in [-0.2, 0) is 11.3 Å². The Balaban J connectivity index is 1.66. The van der Waals surface area contributed by atoms with Gasteiger partial charge in [-0.25, -0.2) is 0 Å². The molecule has 5 nitrogen and oxygen atoms in total. The average molecular weight is 314 g/mol. The van der Waals surface area contributed by atoms with E-state index in [0.717, 1.165) is 50.8 Å². The van der Waals surface area contributed by atoms with Gasteiger partial charge in [0, 0.05) is 43.5 Å². The van der Waals surface area contributed by atoms with Gasteiger partial charge in [-0.1, -0.05) is 30.3 Å². The second kappa shape index (κ2) is 7.73. The fourth-order valence-electron chi connectivity index (χ4n) is 3.19. The Labute approximate surface area is 138 Å². The molecule has 2 N–H and O–H groups in total.